The molecule has 0 saturated carbocycles. The molecule has 0 unspecified atom stereocenters. The molecule has 0 fully saturated rings. The van der Waals surface area contributed by atoms with Gasteiger partial charge in [0.05, 0.1) is 15.4 Å². The van der Waals surface area contributed by atoms with E-state index in [0.29, 0.717) is 39.3 Å². The highest BCUT2D eigenvalue weighted by Gasteiger charge is 2.31. The number of hydrogen-bond acceptors (Lipinski definition) is 5. The minimum absolute atomic E-state index is 0.103. The summed E-state index contributed by atoms with van der Waals surface area (Å²) in [7, 11) is -4.13. The van der Waals surface area contributed by atoms with Gasteiger partial charge >= 0.3 is 12.1 Å². The molecule has 0 bridgehead atoms. The molecule has 0 radical (unpaired) electrons. The van der Waals surface area contributed by atoms with Crippen LogP contribution in [-0.2, 0) is 20.8 Å². The van der Waals surface area contributed by atoms with Gasteiger partial charge < -0.3 is 19.6 Å². The number of aromatic nitrogens is 1. The minimum Gasteiger partial charge on any atom is -0.482 e. The van der Waals surface area contributed by atoms with Crippen molar-refractivity contribution < 1.29 is 41.0 Å². The summed E-state index contributed by atoms with van der Waals surface area (Å²) in [5.74, 6) is 0.0781. The third-order valence-corrected chi connectivity index (χ3v) is 7.22. The normalized spacial score (nSPS) is 12.0. The van der Waals surface area contributed by atoms with Crippen molar-refractivity contribution in [1.29, 1.82) is 0 Å². The molecule has 36 heavy (non-hydrogen) atoms. The van der Waals surface area contributed by atoms with Crippen molar-refractivity contribution in [3.05, 3.63) is 77.5 Å². The fourth-order valence-electron chi connectivity index (χ4n) is 3.73. The van der Waals surface area contributed by atoms with Gasteiger partial charge in [0.15, 0.2) is 6.61 Å². The van der Waals surface area contributed by atoms with Crippen LogP contribution in [0, 0.1) is 13.8 Å². The molecule has 188 valence electrons. The van der Waals surface area contributed by atoms with Crippen molar-refractivity contribution in [3.8, 4) is 17.2 Å². The fourth-order valence-corrected chi connectivity index (χ4v) is 5.15. The van der Waals surface area contributed by atoms with Crippen LogP contribution in [0.4, 0.5) is 13.2 Å². The summed E-state index contributed by atoms with van der Waals surface area (Å²) >= 11 is 0. The van der Waals surface area contributed by atoms with Crippen LogP contribution in [0.15, 0.2) is 70.6 Å². The Balaban J connectivity index is 1.67. The number of carboxylic acids is 1. The molecule has 4 rings (SSSR count). The zero-order chi connectivity index (χ0) is 26.3. The standard InChI is InChI=1S/C25H20F3NO6S/c1-14-9-18(34-13-23(30)31)10-15(2)24(14)35-17-5-8-21-20(11-17)22(12-29-21)36(32,33)19-6-3-16(4-7-19)25(26,27)28/h3-12,29H,13H2,1-2H3,(H,30,31). The maximum atomic E-state index is 13.2. The number of halogens is 3. The van der Waals surface area contributed by atoms with Crippen molar-refractivity contribution >= 4 is 26.7 Å². The number of aromatic amines is 1. The third kappa shape index (κ3) is 5.01. The lowest BCUT2D eigenvalue weighted by atomic mass is 10.1. The Bertz CT molecular complexity index is 1530. The number of fused-ring (bicyclic) bond motifs is 1. The summed E-state index contributed by atoms with van der Waals surface area (Å²) in [6.45, 7) is 3.02. The van der Waals surface area contributed by atoms with Gasteiger partial charge in [-0.2, -0.15) is 13.2 Å². The predicted molar refractivity (Wildman–Crippen MR) is 124 cm³/mol. The van der Waals surface area contributed by atoms with E-state index in [1.807, 2.05) is 0 Å². The number of benzene rings is 3. The van der Waals surface area contributed by atoms with Gasteiger partial charge in [-0.05, 0) is 79.6 Å². The monoisotopic (exact) mass is 519 g/mol. The SMILES string of the molecule is Cc1cc(OCC(=O)O)cc(C)c1Oc1ccc2[nH]cc(S(=O)(=O)c3ccc(C(F)(F)F)cc3)c2c1. The van der Waals surface area contributed by atoms with Crippen LogP contribution in [0.5, 0.6) is 17.2 Å². The Morgan fingerprint density at radius 3 is 2.19 bits per heavy atom. The number of carbonyl (C=O) groups is 1. The van der Waals surface area contributed by atoms with E-state index in [1.165, 1.54) is 12.3 Å². The number of rotatable bonds is 7. The quantitative estimate of drug-likeness (QED) is 0.315. The van der Waals surface area contributed by atoms with Crippen LogP contribution < -0.4 is 9.47 Å². The molecule has 0 amide bonds. The molecule has 4 aromatic rings. The van der Waals surface area contributed by atoms with Gasteiger partial charge in [-0.1, -0.05) is 0 Å². The lowest BCUT2D eigenvalue weighted by Gasteiger charge is -2.14. The fraction of sp³-hybridized carbons (Fsp3) is 0.160. The average Bonchev–Trinajstić information content (AvgIpc) is 3.24. The Morgan fingerprint density at radius 1 is 0.972 bits per heavy atom. The van der Waals surface area contributed by atoms with E-state index < -0.39 is 34.2 Å². The molecule has 1 aromatic heterocycles. The number of ether oxygens (including phenoxy) is 2. The second kappa shape index (κ2) is 9.23. The van der Waals surface area contributed by atoms with E-state index in [9.17, 15) is 26.4 Å². The molecule has 0 saturated heterocycles. The molecule has 0 atom stereocenters. The van der Waals surface area contributed by atoms with Gasteiger partial charge in [-0.25, -0.2) is 13.2 Å². The number of H-pyrrole nitrogens is 1. The molecule has 0 aliphatic carbocycles. The first-order valence-electron chi connectivity index (χ1n) is 10.5. The first kappa shape index (κ1) is 25.1. The number of nitrogens with one attached hydrogen (secondary N) is 1. The lowest BCUT2D eigenvalue weighted by molar-refractivity contribution is -0.139. The summed E-state index contributed by atoms with van der Waals surface area (Å²) < 4.78 is 76.2. The van der Waals surface area contributed by atoms with Gasteiger partial charge in [-0.3, -0.25) is 0 Å². The van der Waals surface area contributed by atoms with Crippen molar-refractivity contribution in [2.45, 2.75) is 29.8 Å². The minimum atomic E-state index is -4.58. The molecule has 11 heteroatoms. The molecule has 2 N–H and O–H groups in total. The summed E-state index contributed by atoms with van der Waals surface area (Å²) in [5, 5.41) is 9.10. The third-order valence-electron chi connectivity index (χ3n) is 5.41. The van der Waals surface area contributed by atoms with Crippen LogP contribution in [0.25, 0.3) is 10.9 Å². The van der Waals surface area contributed by atoms with Crippen LogP contribution >= 0.6 is 0 Å². The van der Waals surface area contributed by atoms with E-state index >= 15 is 0 Å². The van der Waals surface area contributed by atoms with Gasteiger partial charge in [0.25, 0.3) is 0 Å². The van der Waals surface area contributed by atoms with E-state index in [1.54, 1.807) is 38.1 Å². The van der Waals surface area contributed by atoms with Gasteiger partial charge in [0, 0.05) is 17.1 Å². The Labute approximate surface area is 204 Å². The predicted octanol–water partition coefficient (Wildman–Crippen LogP) is 5.89. The molecule has 7 nitrogen and oxygen atoms in total. The lowest BCUT2D eigenvalue weighted by Crippen LogP contribution is -2.09. The van der Waals surface area contributed by atoms with E-state index in [2.05, 4.69) is 4.98 Å². The average molecular weight is 519 g/mol. The Kier molecular flexibility index (Phi) is 6.44. The molecule has 3 aromatic carbocycles. The van der Waals surface area contributed by atoms with Gasteiger partial charge in [0.2, 0.25) is 9.84 Å². The zero-order valence-electron chi connectivity index (χ0n) is 19.0. The maximum Gasteiger partial charge on any atom is 0.416 e. The second-order valence-corrected chi connectivity index (χ2v) is 9.97. The maximum absolute atomic E-state index is 13.2. The first-order valence-corrected chi connectivity index (χ1v) is 12.0. The number of hydrogen-bond donors (Lipinski definition) is 2. The molecular weight excluding hydrogens is 499 g/mol. The highest BCUT2D eigenvalue weighted by Crippen LogP contribution is 2.36. The van der Waals surface area contributed by atoms with Crippen molar-refractivity contribution in [2.75, 3.05) is 6.61 Å². The molecular formula is C25H20F3NO6S. The number of sulfone groups is 1. The van der Waals surface area contributed by atoms with E-state index in [0.717, 1.165) is 24.3 Å². The highest BCUT2D eigenvalue weighted by molar-refractivity contribution is 7.91. The number of alkyl halides is 3. The van der Waals surface area contributed by atoms with E-state index in [4.69, 9.17) is 14.6 Å². The number of aliphatic carboxylic acids is 1. The van der Waals surface area contributed by atoms with Crippen molar-refractivity contribution in [1.82, 2.24) is 4.98 Å². The van der Waals surface area contributed by atoms with Crippen LogP contribution in [0.2, 0.25) is 0 Å². The molecule has 0 spiro atoms. The topological polar surface area (TPSA) is 106 Å². The largest absolute Gasteiger partial charge is 0.482 e. The number of carboxylic acid groups (broad SMARTS) is 1. The Morgan fingerprint density at radius 2 is 1.61 bits per heavy atom. The van der Waals surface area contributed by atoms with E-state index in [-0.39, 0.29) is 9.79 Å². The highest BCUT2D eigenvalue weighted by atomic mass is 32.2. The summed E-state index contributed by atoms with van der Waals surface area (Å²) in [5.41, 5.74) is 0.893. The van der Waals surface area contributed by atoms with Gasteiger partial charge in [-0.15, -0.1) is 0 Å². The first-order chi connectivity index (χ1) is 16.9. The molecule has 0 aliphatic heterocycles. The van der Waals surface area contributed by atoms with Crippen LogP contribution in [-0.4, -0.2) is 31.1 Å². The van der Waals surface area contributed by atoms with Crippen molar-refractivity contribution in [2.24, 2.45) is 0 Å². The Hall–Kier alpha value is -3.99. The summed E-state index contributed by atoms with van der Waals surface area (Å²) in [6.07, 6.45) is -3.29. The summed E-state index contributed by atoms with van der Waals surface area (Å²) in [4.78, 5) is 13.2. The number of aryl methyl sites for hydroxylation is 2. The second-order valence-electron chi connectivity index (χ2n) is 8.06. The van der Waals surface area contributed by atoms with Crippen molar-refractivity contribution in [3.63, 3.8) is 0 Å². The zero-order valence-corrected chi connectivity index (χ0v) is 19.8. The van der Waals surface area contributed by atoms with Crippen LogP contribution in [0.3, 0.4) is 0 Å². The smallest absolute Gasteiger partial charge is 0.416 e. The van der Waals surface area contributed by atoms with Gasteiger partial charge in [0.1, 0.15) is 17.2 Å². The molecule has 0 aliphatic rings. The summed E-state index contributed by atoms with van der Waals surface area (Å²) in [6, 6.07) is 11.4. The van der Waals surface area contributed by atoms with Crippen LogP contribution in [0.1, 0.15) is 16.7 Å². The molecule has 1 heterocycles.